The maximum Gasteiger partial charge on any atom is 0.251 e. The van der Waals surface area contributed by atoms with Crippen LogP contribution in [0.1, 0.15) is 70.4 Å². The smallest absolute Gasteiger partial charge is 0.251 e. The summed E-state index contributed by atoms with van der Waals surface area (Å²) in [6.07, 6.45) is 5.64. The van der Waals surface area contributed by atoms with Crippen molar-refractivity contribution in [2.45, 2.75) is 58.9 Å². The second-order valence-electron chi connectivity index (χ2n) is 6.97. The van der Waals surface area contributed by atoms with Gasteiger partial charge in [-0.05, 0) is 85.9 Å². The van der Waals surface area contributed by atoms with Gasteiger partial charge in [0.05, 0.1) is 6.04 Å². The molecule has 1 atom stereocenters. The lowest BCUT2D eigenvalue weighted by atomic mass is 9.90. The van der Waals surface area contributed by atoms with E-state index in [0.29, 0.717) is 0 Å². The fourth-order valence-electron chi connectivity index (χ4n) is 3.52. The van der Waals surface area contributed by atoms with Crippen LogP contribution in [0, 0.1) is 13.8 Å². The number of nitrogens with one attached hydrogen (secondary N) is 1. The highest BCUT2D eigenvalue weighted by molar-refractivity contribution is 5.94. The first-order chi connectivity index (χ1) is 11.6. The van der Waals surface area contributed by atoms with Gasteiger partial charge >= 0.3 is 0 Å². The van der Waals surface area contributed by atoms with Gasteiger partial charge in [0, 0.05) is 5.56 Å². The molecule has 0 saturated carbocycles. The molecule has 0 saturated heterocycles. The molecule has 0 radical (unpaired) electrons. The summed E-state index contributed by atoms with van der Waals surface area (Å²) in [5, 5.41) is 3.21. The van der Waals surface area contributed by atoms with Crippen LogP contribution in [0.3, 0.4) is 0 Å². The van der Waals surface area contributed by atoms with E-state index >= 15 is 0 Å². The second-order valence-corrected chi connectivity index (χ2v) is 6.97. The molecule has 2 aromatic rings. The fraction of sp³-hybridized carbons (Fsp3) is 0.409. The van der Waals surface area contributed by atoms with Gasteiger partial charge in [-0.15, -0.1) is 0 Å². The number of carbonyl (C=O) groups is 1. The van der Waals surface area contributed by atoms with Gasteiger partial charge in [-0.2, -0.15) is 0 Å². The minimum atomic E-state index is 0.0356. The number of carbonyl (C=O) groups excluding carboxylic acids is 1. The molecular formula is C22H27NO. The van der Waals surface area contributed by atoms with Gasteiger partial charge in [-0.1, -0.05) is 31.2 Å². The predicted octanol–water partition coefficient (Wildman–Crippen LogP) is 5.06. The molecular weight excluding hydrogens is 294 g/mol. The van der Waals surface area contributed by atoms with Gasteiger partial charge in [-0.3, -0.25) is 4.79 Å². The molecule has 1 unspecified atom stereocenters. The minimum Gasteiger partial charge on any atom is -0.345 e. The zero-order valence-corrected chi connectivity index (χ0v) is 15.0. The highest BCUT2D eigenvalue weighted by atomic mass is 16.1. The van der Waals surface area contributed by atoms with E-state index in [-0.39, 0.29) is 11.9 Å². The van der Waals surface area contributed by atoms with Crippen molar-refractivity contribution in [3.8, 4) is 0 Å². The number of benzene rings is 2. The van der Waals surface area contributed by atoms with Gasteiger partial charge in [0.25, 0.3) is 5.91 Å². The highest BCUT2D eigenvalue weighted by Gasteiger charge is 2.17. The first kappa shape index (κ1) is 16.8. The van der Waals surface area contributed by atoms with Gasteiger partial charge in [0.15, 0.2) is 0 Å². The SMILES string of the molecule is CCC(NC(=O)c1ccc2c(c1)CCCC2)c1ccc(C)c(C)c1. The highest BCUT2D eigenvalue weighted by Crippen LogP contribution is 2.24. The van der Waals surface area contributed by atoms with E-state index in [9.17, 15) is 4.79 Å². The first-order valence-electron chi connectivity index (χ1n) is 9.08. The van der Waals surface area contributed by atoms with Crippen LogP contribution in [0.4, 0.5) is 0 Å². The summed E-state index contributed by atoms with van der Waals surface area (Å²) in [5.74, 6) is 0.0356. The largest absolute Gasteiger partial charge is 0.345 e. The van der Waals surface area contributed by atoms with Crippen molar-refractivity contribution < 1.29 is 4.79 Å². The first-order valence-corrected chi connectivity index (χ1v) is 9.08. The number of fused-ring (bicyclic) bond motifs is 1. The van der Waals surface area contributed by atoms with Crippen LogP contribution in [0.15, 0.2) is 36.4 Å². The normalized spacial score (nSPS) is 14.8. The summed E-state index contributed by atoms with van der Waals surface area (Å²) in [7, 11) is 0. The van der Waals surface area contributed by atoms with Crippen LogP contribution in [-0.2, 0) is 12.8 Å². The monoisotopic (exact) mass is 321 g/mol. The minimum absolute atomic E-state index is 0.0356. The van der Waals surface area contributed by atoms with E-state index in [1.807, 2.05) is 6.07 Å². The fourth-order valence-corrected chi connectivity index (χ4v) is 3.52. The average Bonchev–Trinajstić information content (AvgIpc) is 2.61. The summed E-state index contributed by atoms with van der Waals surface area (Å²) in [4.78, 5) is 12.7. The van der Waals surface area contributed by atoms with Gasteiger partial charge in [0.2, 0.25) is 0 Å². The zero-order chi connectivity index (χ0) is 17.1. The Balaban J connectivity index is 1.78. The van der Waals surface area contributed by atoms with Crippen LogP contribution < -0.4 is 5.32 Å². The van der Waals surface area contributed by atoms with Crippen LogP contribution in [0.25, 0.3) is 0 Å². The lowest BCUT2D eigenvalue weighted by Gasteiger charge is -2.20. The Bertz CT molecular complexity index is 748. The average molecular weight is 321 g/mol. The zero-order valence-electron chi connectivity index (χ0n) is 15.0. The predicted molar refractivity (Wildman–Crippen MR) is 99.5 cm³/mol. The summed E-state index contributed by atoms with van der Waals surface area (Å²) < 4.78 is 0. The van der Waals surface area contributed by atoms with Crippen LogP contribution in [-0.4, -0.2) is 5.91 Å². The molecule has 0 heterocycles. The summed E-state index contributed by atoms with van der Waals surface area (Å²) in [5.41, 5.74) is 7.31. The molecule has 0 fully saturated rings. The molecule has 1 N–H and O–H groups in total. The summed E-state index contributed by atoms with van der Waals surface area (Å²) in [6.45, 7) is 6.36. The second kappa shape index (κ2) is 7.21. The van der Waals surface area contributed by atoms with Gasteiger partial charge in [0.1, 0.15) is 0 Å². The maximum absolute atomic E-state index is 12.7. The Morgan fingerprint density at radius 2 is 1.75 bits per heavy atom. The summed E-state index contributed by atoms with van der Waals surface area (Å²) in [6, 6.07) is 12.7. The Morgan fingerprint density at radius 1 is 1.00 bits per heavy atom. The summed E-state index contributed by atoms with van der Waals surface area (Å²) >= 11 is 0. The number of amides is 1. The van der Waals surface area contributed by atoms with Crippen molar-refractivity contribution in [2.24, 2.45) is 0 Å². The number of hydrogen-bond acceptors (Lipinski definition) is 1. The maximum atomic E-state index is 12.7. The topological polar surface area (TPSA) is 29.1 Å². The van der Waals surface area contributed by atoms with Crippen molar-refractivity contribution >= 4 is 5.91 Å². The Labute approximate surface area is 145 Å². The van der Waals surface area contributed by atoms with Crippen LogP contribution in [0.5, 0.6) is 0 Å². The van der Waals surface area contributed by atoms with Crippen LogP contribution >= 0.6 is 0 Å². The number of aryl methyl sites for hydroxylation is 4. The van der Waals surface area contributed by atoms with E-state index < -0.39 is 0 Å². The third kappa shape index (κ3) is 3.53. The third-order valence-electron chi connectivity index (χ3n) is 5.26. The molecule has 126 valence electrons. The third-order valence-corrected chi connectivity index (χ3v) is 5.26. The standard InChI is InChI=1S/C22H27NO/c1-4-21(19-10-9-15(2)16(3)13-19)23-22(24)20-12-11-17-7-5-6-8-18(17)14-20/h9-14,21H,4-8H2,1-3H3,(H,23,24). The molecule has 2 aromatic carbocycles. The van der Waals surface area contributed by atoms with Crippen molar-refractivity contribution in [2.75, 3.05) is 0 Å². The van der Waals surface area contributed by atoms with Crippen molar-refractivity contribution in [3.63, 3.8) is 0 Å². The number of rotatable bonds is 4. The molecule has 0 spiro atoms. The molecule has 2 nitrogen and oxygen atoms in total. The lowest BCUT2D eigenvalue weighted by molar-refractivity contribution is 0.0935. The van der Waals surface area contributed by atoms with E-state index in [0.717, 1.165) is 24.8 Å². The van der Waals surface area contributed by atoms with Gasteiger partial charge < -0.3 is 5.32 Å². The van der Waals surface area contributed by atoms with E-state index in [4.69, 9.17) is 0 Å². The quantitative estimate of drug-likeness (QED) is 0.837. The molecule has 2 heteroatoms. The van der Waals surface area contributed by atoms with E-state index in [1.165, 1.54) is 40.7 Å². The molecule has 0 aromatic heterocycles. The van der Waals surface area contributed by atoms with E-state index in [1.54, 1.807) is 0 Å². The van der Waals surface area contributed by atoms with Crippen molar-refractivity contribution in [1.29, 1.82) is 0 Å². The molecule has 1 aliphatic carbocycles. The molecule has 1 amide bonds. The van der Waals surface area contributed by atoms with Crippen molar-refractivity contribution in [3.05, 3.63) is 69.8 Å². The molecule has 0 aliphatic heterocycles. The van der Waals surface area contributed by atoms with E-state index in [2.05, 4.69) is 56.4 Å². The van der Waals surface area contributed by atoms with Crippen molar-refractivity contribution in [1.82, 2.24) is 5.32 Å². The molecule has 3 rings (SSSR count). The number of hydrogen-bond donors (Lipinski definition) is 1. The van der Waals surface area contributed by atoms with Crippen LogP contribution in [0.2, 0.25) is 0 Å². The molecule has 1 aliphatic rings. The Hall–Kier alpha value is -2.09. The molecule has 0 bridgehead atoms. The van der Waals surface area contributed by atoms with Gasteiger partial charge in [-0.25, -0.2) is 0 Å². The molecule has 24 heavy (non-hydrogen) atoms. The lowest BCUT2D eigenvalue weighted by Crippen LogP contribution is -2.28. The Kier molecular flexibility index (Phi) is 5.03. The Morgan fingerprint density at radius 3 is 2.46 bits per heavy atom.